The molecule has 0 aliphatic carbocycles. The Hall–Kier alpha value is -3.48. The highest BCUT2D eigenvalue weighted by molar-refractivity contribution is 7.90. The van der Waals surface area contributed by atoms with Crippen LogP contribution in [0.4, 0.5) is 21.2 Å². The summed E-state index contributed by atoms with van der Waals surface area (Å²) in [6.07, 6.45) is -1.24. The zero-order valence-corrected chi connectivity index (χ0v) is 16.9. The highest BCUT2D eigenvalue weighted by Gasteiger charge is 2.23. The maximum absolute atomic E-state index is 12.5. The second-order valence-electron chi connectivity index (χ2n) is 6.00. The number of anilines is 2. The van der Waals surface area contributed by atoms with E-state index in [1.54, 1.807) is 20.8 Å². The highest BCUT2D eigenvalue weighted by Crippen LogP contribution is 2.21. The molecule has 156 valence electrons. The maximum atomic E-state index is 12.5. The van der Waals surface area contributed by atoms with Crippen molar-refractivity contribution in [2.75, 3.05) is 17.3 Å². The number of amides is 3. The molecule has 0 aliphatic heterocycles. The average molecular weight is 424 g/mol. The van der Waals surface area contributed by atoms with Gasteiger partial charge < -0.3 is 9.84 Å². The minimum atomic E-state index is -4.30. The molecular formula is C16H20N6O6S. The summed E-state index contributed by atoms with van der Waals surface area (Å²) in [6.45, 7) is 4.83. The van der Waals surface area contributed by atoms with Crippen molar-refractivity contribution >= 4 is 33.8 Å². The van der Waals surface area contributed by atoms with Crippen molar-refractivity contribution in [1.29, 1.82) is 0 Å². The van der Waals surface area contributed by atoms with Crippen molar-refractivity contribution in [2.45, 2.75) is 31.7 Å². The van der Waals surface area contributed by atoms with Crippen LogP contribution in [-0.2, 0) is 10.0 Å². The lowest BCUT2D eigenvalue weighted by Gasteiger charge is -2.23. The fourth-order valence-corrected chi connectivity index (χ4v) is 3.29. The molecule has 2 rings (SSSR count). The summed E-state index contributed by atoms with van der Waals surface area (Å²) < 4.78 is 31.7. The topological polar surface area (TPSA) is 164 Å². The predicted octanol–water partition coefficient (Wildman–Crippen LogP) is 1.59. The molecule has 1 aromatic heterocycles. The molecule has 0 spiro atoms. The lowest BCUT2D eigenvalue weighted by atomic mass is 10.2. The predicted molar refractivity (Wildman–Crippen MR) is 103 cm³/mol. The fourth-order valence-electron chi connectivity index (χ4n) is 2.34. The summed E-state index contributed by atoms with van der Waals surface area (Å²) >= 11 is 0. The second-order valence-corrected chi connectivity index (χ2v) is 7.68. The van der Waals surface area contributed by atoms with Crippen LogP contribution in [0, 0.1) is 6.92 Å². The van der Waals surface area contributed by atoms with Gasteiger partial charge in [0.15, 0.2) is 0 Å². The number of ether oxygens (including phenoxy) is 1. The first kappa shape index (κ1) is 21.8. The number of hydrogen-bond acceptors (Lipinski definition) is 8. The van der Waals surface area contributed by atoms with E-state index in [4.69, 9.17) is 4.74 Å². The van der Waals surface area contributed by atoms with E-state index < -0.39 is 28.2 Å². The summed E-state index contributed by atoms with van der Waals surface area (Å²) in [4.78, 5) is 35.7. The van der Waals surface area contributed by atoms with Crippen molar-refractivity contribution in [3.63, 3.8) is 0 Å². The standard InChI is InChI=1S/C16H20N6O6S/c1-9(2)22(16(24)25)11-6-5-7-12(8-11)29(26,27)21-14(23)19-13-17-10(3)18-15(20-13)28-4/h5-9H,1-4H3,(H,24,25)(H2,17,18,19,20,21,23). The number of urea groups is 1. The third kappa shape index (κ3) is 5.51. The Morgan fingerprint density at radius 2 is 1.90 bits per heavy atom. The van der Waals surface area contributed by atoms with Crippen molar-refractivity contribution in [2.24, 2.45) is 0 Å². The molecule has 0 saturated heterocycles. The van der Waals surface area contributed by atoms with E-state index >= 15 is 0 Å². The normalized spacial score (nSPS) is 11.1. The number of methoxy groups -OCH3 is 1. The molecule has 0 atom stereocenters. The number of nitrogens with one attached hydrogen (secondary N) is 2. The molecule has 0 bridgehead atoms. The van der Waals surface area contributed by atoms with Crippen LogP contribution in [-0.4, -0.2) is 53.8 Å². The van der Waals surface area contributed by atoms with Gasteiger partial charge in [-0.15, -0.1) is 0 Å². The summed E-state index contributed by atoms with van der Waals surface area (Å²) in [7, 11) is -2.97. The van der Waals surface area contributed by atoms with Gasteiger partial charge in [-0.25, -0.2) is 22.7 Å². The largest absolute Gasteiger partial charge is 0.467 e. The number of carbonyl (C=O) groups excluding carboxylic acids is 1. The number of aryl methyl sites for hydroxylation is 1. The molecule has 2 aromatic rings. The third-order valence-corrected chi connectivity index (χ3v) is 4.82. The first-order chi connectivity index (χ1) is 13.5. The van der Waals surface area contributed by atoms with Gasteiger partial charge in [-0.1, -0.05) is 6.07 Å². The summed E-state index contributed by atoms with van der Waals surface area (Å²) in [5.74, 6) is 0.0535. The van der Waals surface area contributed by atoms with Gasteiger partial charge in [0.1, 0.15) is 5.82 Å². The minimum Gasteiger partial charge on any atom is -0.467 e. The van der Waals surface area contributed by atoms with E-state index in [0.29, 0.717) is 0 Å². The number of aromatic nitrogens is 3. The molecule has 0 fully saturated rings. The van der Waals surface area contributed by atoms with Crippen LogP contribution in [0.1, 0.15) is 19.7 Å². The van der Waals surface area contributed by atoms with Crippen LogP contribution in [0.5, 0.6) is 6.01 Å². The number of nitrogens with zero attached hydrogens (tertiary/aromatic N) is 4. The van der Waals surface area contributed by atoms with Crippen LogP contribution in [0.2, 0.25) is 0 Å². The van der Waals surface area contributed by atoms with Crippen molar-refractivity contribution in [3.05, 3.63) is 30.1 Å². The molecule has 13 heteroatoms. The maximum Gasteiger partial charge on any atom is 0.412 e. The molecule has 3 amide bonds. The number of sulfonamides is 1. The quantitative estimate of drug-likeness (QED) is 0.624. The van der Waals surface area contributed by atoms with Gasteiger partial charge in [-0.2, -0.15) is 15.0 Å². The van der Waals surface area contributed by atoms with Crippen LogP contribution >= 0.6 is 0 Å². The van der Waals surface area contributed by atoms with E-state index in [1.807, 2.05) is 4.72 Å². The minimum absolute atomic E-state index is 0.0502. The molecule has 29 heavy (non-hydrogen) atoms. The molecule has 0 radical (unpaired) electrons. The molecule has 1 aromatic carbocycles. The van der Waals surface area contributed by atoms with E-state index in [2.05, 4.69) is 20.3 Å². The number of carboxylic acid groups (broad SMARTS) is 1. The van der Waals surface area contributed by atoms with Gasteiger partial charge in [0.25, 0.3) is 10.0 Å². The van der Waals surface area contributed by atoms with Crippen LogP contribution < -0.4 is 19.7 Å². The SMILES string of the molecule is COc1nc(C)nc(NC(=O)NS(=O)(=O)c2cccc(N(C(=O)O)C(C)C)c2)n1. The first-order valence-corrected chi connectivity index (χ1v) is 9.74. The summed E-state index contributed by atoms with van der Waals surface area (Å²) in [5, 5.41) is 11.5. The van der Waals surface area contributed by atoms with E-state index in [1.165, 1.54) is 25.3 Å². The summed E-state index contributed by atoms with van der Waals surface area (Å²) in [6, 6.07) is 3.62. The lowest BCUT2D eigenvalue weighted by molar-refractivity contribution is 0.200. The summed E-state index contributed by atoms with van der Waals surface area (Å²) in [5.41, 5.74) is 0.147. The van der Waals surface area contributed by atoms with Gasteiger partial charge in [-0.05, 0) is 39.0 Å². The molecule has 0 saturated carbocycles. The van der Waals surface area contributed by atoms with E-state index in [9.17, 15) is 23.1 Å². The smallest absolute Gasteiger partial charge is 0.412 e. The second kappa shape index (κ2) is 8.68. The van der Waals surface area contributed by atoms with Crippen molar-refractivity contribution in [3.8, 4) is 6.01 Å². The van der Waals surface area contributed by atoms with Gasteiger partial charge in [0.2, 0.25) is 5.95 Å². The molecule has 3 N–H and O–H groups in total. The Kier molecular flexibility index (Phi) is 6.53. The molecule has 12 nitrogen and oxygen atoms in total. The Labute approximate surface area is 167 Å². The van der Waals surface area contributed by atoms with Crippen molar-refractivity contribution < 1.29 is 27.9 Å². The molecule has 0 aliphatic rings. The van der Waals surface area contributed by atoms with Crippen molar-refractivity contribution in [1.82, 2.24) is 19.7 Å². The Morgan fingerprint density at radius 1 is 1.21 bits per heavy atom. The van der Waals surface area contributed by atoms with E-state index in [0.717, 1.165) is 11.0 Å². The molecular weight excluding hydrogens is 404 g/mol. The van der Waals surface area contributed by atoms with Crippen LogP contribution in [0.25, 0.3) is 0 Å². The highest BCUT2D eigenvalue weighted by atomic mass is 32.2. The van der Waals surface area contributed by atoms with Crippen LogP contribution in [0.3, 0.4) is 0 Å². The number of benzene rings is 1. The molecule has 0 unspecified atom stereocenters. The number of hydrogen-bond donors (Lipinski definition) is 3. The van der Waals surface area contributed by atoms with Gasteiger partial charge in [-0.3, -0.25) is 10.2 Å². The zero-order valence-electron chi connectivity index (χ0n) is 16.1. The Morgan fingerprint density at radius 3 is 2.48 bits per heavy atom. The van der Waals surface area contributed by atoms with Crippen LogP contribution in [0.15, 0.2) is 29.2 Å². The Balaban J connectivity index is 2.23. The van der Waals surface area contributed by atoms with E-state index in [-0.39, 0.29) is 28.4 Å². The van der Waals surface area contributed by atoms with Gasteiger partial charge >= 0.3 is 18.1 Å². The average Bonchev–Trinajstić information content (AvgIpc) is 2.60. The Bertz CT molecular complexity index is 1030. The van der Waals surface area contributed by atoms with Gasteiger partial charge in [0, 0.05) is 11.7 Å². The third-order valence-electron chi connectivity index (χ3n) is 3.49. The number of rotatable bonds is 6. The fraction of sp³-hybridized carbons (Fsp3) is 0.312. The molecule has 1 heterocycles. The first-order valence-electron chi connectivity index (χ1n) is 8.26. The van der Waals surface area contributed by atoms with Gasteiger partial charge in [0.05, 0.1) is 12.0 Å². The number of carbonyl (C=O) groups is 2. The zero-order chi connectivity index (χ0) is 21.8. The lowest BCUT2D eigenvalue weighted by Crippen LogP contribution is -2.37. The monoisotopic (exact) mass is 424 g/mol.